The normalized spacial score (nSPS) is 46.8. The van der Waals surface area contributed by atoms with Crippen molar-refractivity contribution < 1.29 is 0 Å². The van der Waals surface area contributed by atoms with Gasteiger partial charge in [0, 0.05) is 18.5 Å². The fourth-order valence-corrected chi connectivity index (χ4v) is 1.35. The molecule has 0 radical (unpaired) electrons. The van der Waals surface area contributed by atoms with E-state index in [4.69, 9.17) is 0 Å². The van der Waals surface area contributed by atoms with E-state index in [0.717, 1.165) is 6.04 Å². The second-order valence-corrected chi connectivity index (χ2v) is 2.97. The maximum Gasteiger partial charge on any atom is 0.0323 e. The molecular weight excluding hydrogens is 110 g/mol. The van der Waals surface area contributed by atoms with Crippen LogP contribution >= 0.6 is 0 Å². The van der Waals surface area contributed by atoms with Crippen LogP contribution in [0.15, 0.2) is 24.3 Å². The van der Waals surface area contributed by atoms with Crippen LogP contribution in [0, 0.1) is 5.92 Å². The SMILES string of the molecule is C=C1C=CC1C1CN1C. The number of nitrogens with zero attached hydrogens (tertiary/aromatic N) is 1. The molecule has 0 aromatic heterocycles. The van der Waals surface area contributed by atoms with E-state index in [-0.39, 0.29) is 0 Å². The molecule has 0 aromatic carbocycles. The lowest BCUT2D eigenvalue weighted by molar-refractivity contribution is 0.548. The molecule has 1 heteroatoms. The van der Waals surface area contributed by atoms with Gasteiger partial charge in [-0.3, -0.25) is 4.90 Å². The Morgan fingerprint density at radius 3 is 2.56 bits per heavy atom. The van der Waals surface area contributed by atoms with Crippen molar-refractivity contribution in [2.45, 2.75) is 6.04 Å². The van der Waals surface area contributed by atoms with Gasteiger partial charge in [-0.1, -0.05) is 18.7 Å². The molecule has 0 bridgehead atoms. The van der Waals surface area contributed by atoms with Crippen molar-refractivity contribution in [3.63, 3.8) is 0 Å². The number of rotatable bonds is 1. The van der Waals surface area contributed by atoms with Crippen LogP contribution in [0.25, 0.3) is 0 Å². The van der Waals surface area contributed by atoms with Gasteiger partial charge in [0.05, 0.1) is 0 Å². The van der Waals surface area contributed by atoms with Crippen LogP contribution in [0.5, 0.6) is 0 Å². The first kappa shape index (κ1) is 5.24. The van der Waals surface area contributed by atoms with E-state index >= 15 is 0 Å². The van der Waals surface area contributed by atoms with Crippen LogP contribution in [-0.2, 0) is 0 Å². The van der Waals surface area contributed by atoms with Crippen LogP contribution in [-0.4, -0.2) is 24.5 Å². The Hall–Kier alpha value is -0.560. The molecule has 3 unspecified atom stereocenters. The molecule has 1 fully saturated rings. The summed E-state index contributed by atoms with van der Waals surface area (Å²) in [6.45, 7) is 5.18. The zero-order valence-electron chi connectivity index (χ0n) is 5.67. The summed E-state index contributed by atoms with van der Waals surface area (Å²) in [5, 5.41) is 0. The molecule has 0 amide bonds. The quantitative estimate of drug-likeness (QED) is 0.468. The van der Waals surface area contributed by atoms with E-state index in [2.05, 4.69) is 30.7 Å². The molecule has 1 saturated heterocycles. The van der Waals surface area contributed by atoms with Crippen molar-refractivity contribution in [3.05, 3.63) is 24.3 Å². The molecule has 3 atom stereocenters. The minimum absolute atomic E-state index is 0.690. The Balaban J connectivity index is 2.02. The Morgan fingerprint density at radius 1 is 1.78 bits per heavy atom. The molecule has 0 saturated carbocycles. The van der Waals surface area contributed by atoms with Crippen LogP contribution < -0.4 is 0 Å². The summed E-state index contributed by atoms with van der Waals surface area (Å²) in [6.07, 6.45) is 4.35. The molecule has 1 heterocycles. The third-order valence-electron chi connectivity index (χ3n) is 2.27. The van der Waals surface area contributed by atoms with E-state index in [1.165, 1.54) is 12.1 Å². The largest absolute Gasteiger partial charge is 0.300 e. The Bertz CT molecular complexity index is 181. The predicted molar refractivity (Wildman–Crippen MR) is 38.2 cm³/mol. The van der Waals surface area contributed by atoms with E-state index in [0.29, 0.717) is 5.92 Å². The van der Waals surface area contributed by atoms with E-state index < -0.39 is 0 Å². The van der Waals surface area contributed by atoms with Crippen molar-refractivity contribution in [3.8, 4) is 0 Å². The van der Waals surface area contributed by atoms with Crippen molar-refractivity contribution in [2.24, 2.45) is 5.92 Å². The Morgan fingerprint density at radius 2 is 2.44 bits per heavy atom. The third-order valence-corrected chi connectivity index (χ3v) is 2.27. The van der Waals surface area contributed by atoms with Crippen LogP contribution in [0.1, 0.15) is 0 Å². The number of hydrogen-bond donors (Lipinski definition) is 0. The Kier molecular flexibility index (Phi) is 0.862. The minimum Gasteiger partial charge on any atom is -0.300 e. The van der Waals surface area contributed by atoms with Crippen molar-refractivity contribution in [2.75, 3.05) is 13.6 Å². The molecule has 0 aromatic rings. The number of likely N-dealkylation sites (N-methyl/N-ethyl adjacent to an activating group) is 1. The van der Waals surface area contributed by atoms with Gasteiger partial charge in [-0.2, -0.15) is 0 Å². The monoisotopic (exact) mass is 121 g/mol. The molecule has 2 rings (SSSR count). The van der Waals surface area contributed by atoms with E-state index in [9.17, 15) is 0 Å². The van der Waals surface area contributed by atoms with Gasteiger partial charge in [-0.25, -0.2) is 0 Å². The highest BCUT2D eigenvalue weighted by molar-refractivity contribution is 5.36. The zero-order valence-corrected chi connectivity index (χ0v) is 5.67. The van der Waals surface area contributed by atoms with Gasteiger partial charge in [0.25, 0.3) is 0 Å². The molecular formula is C8H11N. The van der Waals surface area contributed by atoms with E-state index in [1.54, 1.807) is 0 Å². The summed E-state index contributed by atoms with van der Waals surface area (Å²) >= 11 is 0. The lowest BCUT2D eigenvalue weighted by Gasteiger charge is -2.19. The summed E-state index contributed by atoms with van der Waals surface area (Å²) in [5.41, 5.74) is 1.31. The van der Waals surface area contributed by atoms with Gasteiger partial charge < -0.3 is 0 Å². The molecule has 1 nitrogen and oxygen atoms in total. The highest BCUT2D eigenvalue weighted by atomic mass is 15.3. The van der Waals surface area contributed by atoms with Gasteiger partial charge in [0.1, 0.15) is 0 Å². The van der Waals surface area contributed by atoms with Crippen molar-refractivity contribution >= 4 is 0 Å². The highest BCUT2D eigenvalue weighted by Crippen LogP contribution is 2.35. The van der Waals surface area contributed by atoms with Crippen molar-refractivity contribution in [1.82, 2.24) is 4.90 Å². The molecule has 0 N–H and O–H groups in total. The fourth-order valence-electron chi connectivity index (χ4n) is 1.35. The summed E-state index contributed by atoms with van der Waals surface area (Å²) in [5.74, 6) is 0.690. The van der Waals surface area contributed by atoms with Crippen LogP contribution in [0.4, 0.5) is 0 Å². The summed E-state index contributed by atoms with van der Waals surface area (Å²) in [4.78, 5) is 2.35. The topological polar surface area (TPSA) is 3.01 Å². The first-order valence-corrected chi connectivity index (χ1v) is 3.36. The minimum atomic E-state index is 0.690. The van der Waals surface area contributed by atoms with Crippen molar-refractivity contribution in [1.29, 1.82) is 0 Å². The average Bonchev–Trinajstić information content (AvgIpc) is 2.44. The van der Waals surface area contributed by atoms with Crippen LogP contribution in [0.3, 0.4) is 0 Å². The fraction of sp³-hybridized carbons (Fsp3) is 0.500. The summed E-state index contributed by atoms with van der Waals surface area (Å²) in [6, 6.07) is 0.794. The lowest BCUT2D eigenvalue weighted by atomic mass is 9.87. The van der Waals surface area contributed by atoms with Gasteiger partial charge in [-0.05, 0) is 12.6 Å². The Labute approximate surface area is 55.7 Å². The molecule has 0 spiro atoms. The lowest BCUT2D eigenvalue weighted by Crippen LogP contribution is -2.16. The molecule has 1 aliphatic carbocycles. The maximum absolute atomic E-state index is 3.92. The van der Waals surface area contributed by atoms with Gasteiger partial charge in [0.2, 0.25) is 0 Å². The third kappa shape index (κ3) is 0.648. The molecule has 2 aliphatic rings. The molecule has 1 aliphatic heterocycles. The highest BCUT2D eigenvalue weighted by Gasteiger charge is 2.39. The van der Waals surface area contributed by atoms with Gasteiger partial charge in [-0.15, -0.1) is 0 Å². The molecule has 9 heavy (non-hydrogen) atoms. The smallest absolute Gasteiger partial charge is 0.0323 e. The zero-order chi connectivity index (χ0) is 6.43. The first-order valence-electron chi connectivity index (χ1n) is 3.36. The van der Waals surface area contributed by atoms with Crippen LogP contribution in [0.2, 0.25) is 0 Å². The molecule has 48 valence electrons. The van der Waals surface area contributed by atoms with Gasteiger partial charge in [0.15, 0.2) is 0 Å². The average molecular weight is 121 g/mol. The summed E-state index contributed by atoms with van der Waals surface area (Å²) in [7, 11) is 2.16. The first-order chi connectivity index (χ1) is 4.29. The number of hydrogen-bond acceptors (Lipinski definition) is 1. The maximum atomic E-state index is 3.92. The van der Waals surface area contributed by atoms with Gasteiger partial charge >= 0.3 is 0 Å². The van der Waals surface area contributed by atoms with E-state index in [1.807, 2.05) is 0 Å². The standard InChI is InChI=1S/C8H11N/c1-6-3-4-7(6)8-5-9(8)2/h3-4,7-8H,1,5H2,2H3. The predicted octanol–water partition coefficient (Wildman–Crippen LogP) is 1.04. The summed E-state index contributed by atoms with van der Waals surface area (Å²) < 4.78 is 0. The second-order valence-electron chi connectivity index (χ2n) is 2.97. The second kappa shape index (κ2) is 1.48. The number of allylic oxidation sites excluding steroid dienone is 1.